The second-order valence-electron chi connectivity index (χ2n) is 9.40. The van der Waals surface area contributed by atoms with Crippen LogP contribution in [0, 0.1) is 0 Å². The monoisotopic (exact) mass is 372 g/mol. The summed E-state index contributed by atoms with van der Waals surface area (Å²) >= 11 is 0. The standard InChI is InChI=1S/C21H33BN2O3/c1-15-19(25)14-24(15)18-10-12-23(13-11-18)17-8-6-16(7-9-17)22-26-20(2,3)21(4,5)27-22/h6-9,15,18-19,25H,10-14H2,1-5H3. The second-order valence-corrected chi connectivity index (χ2v) is 9.40. The predicted octanol–water partition coefficient (Wildman–Crippen LogP) is 2.02. The number of β-amino-alcohol motifs (C(OH)–C–C–N with tert-alkyl or cyclic N) is 1. The second kappa shape index (κ2) is 6.76. The van der Waals surface area contributed by atoms with Crippen LogP contribution in [0.2, 0.25) is 0 Å². The maximum absolute atomic E-state index is 9.76. The first-order chi connectivity index (χ1) is 12.7. The fourth-order valence-corrected chi connectivity index (χ4v) is 4.38. The molecule has 3 heterocycles. The van der Waals surface area contributed by atoms with Gasteiger partial charge in [0.25, 0.3) is 0 Å². The van der Waals surface area contributed by atoms with Gasteiger partial charge in [0.1, 0.15) is 0 Å². The van der Waals surface area contributed by atoms with Crippen LogP contribution in [0.15, 0.2) is 24.3 Å². The van der Waals surface area contributed by atoms with Gasteiger partial charge in [-0.1, -0.05) is 12.1 Å². The van der Waals surface area contributed by atoms with Crippen LogP contribution in [0.1, 0.15) is 47.5 Å². The molecule has 0 bridgehead atoms. The van der Waals surface area contributed by atoms with Crippen LogP contribution < -0.4 is 10.4 Å². The highest BCUT2D eigenvalue weighted by Crippen LogP contribution is 2.36. The van der Waals surface area contributed by atoms with Crippen molar-refractivity contribution in [1.29, 1.82) is 0 Å². The highest BCUT2D eigenvalue weighted by Gasteiger charge is 2.51. The molecule has 27 heavy (non-hydrogen) atoms. The maximum atomic E-state index is 9.76. The Morgan fingerprint density at radius 2 is 1.56 bits per heavy atom. The van der Waals surface area contributed by atoms with Crippen molar-refractivity contribution in [3.05, 3.63) is 24.3 Å². The molecule has 0 aliphatic carbocycles. The quantitative estimate of drug-likeness (QED) is 0.823. The SMILES string of the molecule is CC1C(O)CN1C1CCN(c2ccc(B3OC(C)(C)C(C)(C)O3)cc2)CC1. The number of hydrogen-bond acceptors (Lipinski definition) is 5. The van der Waals surface area contributed by atoms with E-state index in [1.165, 1.54) is 5.69 Å². The number of nitrogens with zero attached hydrogens (tertiary/aromatic N) is 2. The minimum absolute atomic E-state index is 0.134. The summed E-state index contributed by atoms with van der Waals surface area (Å²) in [5, 5.41) is 9.76. The van der Waals surface area contributed by atoms with E-state index in [0.717, 1.165) is 37.9 Å². The number of hydrogen-bond donors (Lipinski definition) is 1. The van der Waals surface area contributed by atoms with Crippen molar-refractivity contribution in [3.63, 3.8) is 0 Å². The number of likely N-dealkylation sites (tertiary alicyclic amines) is 1. The Labute approximate surface area is 163 Å². The molecular weight excluding hydrogens is 339 g/mol. The first-order valence-corrected chi connectivity index (χ1v) is 10.3. The van der Waals surface area contributed by atoms with Gasteiger partial charge in [-0.15, -0.1) is 0 Å². The van der Waals surface area contributed by atoms with E-state index in [1.54, 1.807) is 0 Å². The van der Waals surface area contributed by atoms with Gasteiger partial charge in [0.2, 0.25) is 0 Å². The van der Waals surface area contributed by atoms with Crippen molar-refractivity contribution in [2.45, 2.75) is 76.9 Å². The van der Waals surface area contributed by atoms with Crippen LogP contribution in [-0.4, -0.2) is 66.1 Å². The molecule has 5 nitrogen and oxygen atoms in total. The average molecular weight is 372 g/mol. The van der Waals surface area contributed by atoms with Gasteiger partial charge in [0.15, 0.2) is 0 Å². The number of piperidine rings is 1. The zero-order valence-corrected chi connectivity index (χ0v) is 17.3. The van der Waals surface area contributed by atoms with E-state index in [-0.39, 0.29) is 24.4 Å². The van der Waals surface area contributed by atoms with Crippen LogP contribution in [0.25, 0.3) is 0 Å². The molecule has 0 radical (unpaired) electrons. The Morgan fingerprint density at radius 1 is 1.00 bits per heavy atom. The Bertz CT molecular complexity index is 655. The summed E-state index contributed by atoms with van der Waals surface area (Å²) in [7, 11) is -0.297. The summed E-state index contributed by atoms with van der Waals surface area (Å²) in [5.74, 6) is 0. The number of aliphatic hydroxyl groups is 1. The summed E-state index contributed by atoms with van der Waals surface area (Å²) in [6.07, 6.45) is 2.19. The Kier molecular flexibility index (Phi) is 4.82. The molecule has 3 aliphatic heterocycles. The first kappa shape index (κ1) is 19.3. The number of rotatable bonds is 3. The van der Waals surface area contributed by atoms with Gasteiger partial charge in [0, 0.05) is 37.4 Å². The molecule has 3 aliphatic rings. The van der Waals surface area contributed by atoms with Gasteiger partial charge in [-0.3, -0.25) is 4.90 Å². The highest BCUT2D eigenvalue weighted by molar-refractivity contribution is 6.62. The van der Waals surface area contributed by atoms with Gasteiger partial charge in [-0.25, -0.2) is 0 Å². The topological polar surface area (TPSA) is 45.2 Å². The Morgan fingerprint density at radius 3 is 2.04 bits per heavy atom. The van der Waals surface area contributed by atoms with Gasteiger partial charge in [-0.05, 0) is 65.1 Å². The van der Waals surface area contributed by atoms with Crippen LogP contribution in [0.5, 0.6) is 0 Å². The predicted molar refractivity (Wildman–Crippen MR) is 110 cm³/mol. The lowest BCUT2D eigenvalue weighted by atomic mass is 9.79. The third kappa shape index (κ3) is 3.42. The normalized spacial score (nSPS) is 31.2. The molecule has 3 fully saturated rings. The largest absolute Gasteiger partial charge is 0.494 e. The first-order valence-electron chi connectivity index (χ1n) is 10.3. The number of anilines is 1. The van der Waals surface area contributed by atoms with Gasteiger partial charge >= 0.3 is 7.12 Å². The molecular formula is C21H33BN2O3. The van der Waals surface area contributed by atoms with Crippen molar-refractivity contribution >= 4 is 18.3 Å². The maximum Gasteiger partial charge on any atom is 0.494 e. The number of aliphatic hydroxyl groups excluding tert-OH is 1. The van der Waals surface area contributed by atoms with Gasteiger partial charge in [-0.2, -0.15) is 0 Å². The molecule has 3 saturated heterocycles. The lowest BCUT2D eigenvalue weighted by Gasteiger charge is -2.50. The molecule has 0 aromatic heterocycles. The fourth-order valence-electron chi connectivity index (χ4n) is 4.38. The molecule has 0 saturated carbocycles. The van der Waals surface area contributed by atoms with E-state index < -0.39 is 0 Å². The third-order valence-electron chi connectivity index (χ3n) is 7.19. The smallest absolute Gasteiger partial charge is 0.399 e. The molecule has 1 aromatic rings. The van der Waals surface area contributed by atoms with E-state index in [4.69, 9.17) is 9.31 Å². The zero-order valence-electron chi connectivity index (χ0n) is 17.3. The van der Waals surface area contributed by atoms with Gasteiger partial charge < -0.3 is 19.3 Å². The average Bonchev–Trinajstić information content (AvgIpc) is 2.87. The summed E-state index contributed by atoms with van der Waals surface area (Å²) < 4.78 is 12.3. The molecule has 1 N–H and O–H groups in total. The molecule has 148 valence electrons. The summed E-state index contributed by atoms with van der Waals surface area (Å²) in [4.78, 5) is 4.93. The molecule has 0 spiro atoms. The van der Waals surface area contributed by atoms with Crippen molar-refractivity contribution < 1.29 is 14.4 Å². The van der Waals surface area contributed by atoms with Crippen molar-refractivity contribution in [2.24, 2.45) is 0 Å². The molecule has 0 amide bonds. The van der Waals surface area contributed by atoms with E-state index in [1.807, 2.05) is 0 Å². The van der Waals surface area contributed by atoms with Crippen molar-refractivity contribution in [2.75, 3.05) is 24.5 Å². The van der Waals surface area contributed by atoms with E-state index >= 15 is 0 Å². The van der Waals surface area contributed by atoms with Crippen LogP contribution >= 0.6 is 0 Å². The lowest BCUT2D eigenvalue weighted by Crippen LogP contribution is -2.63. The molecule has 2 atom stereocenters. The molecule has 1 aromatic carbocycles. The van der Waals surface area contributed by atoms with Crippen molar-refractivity contribution in [1.82, 2.24) is 4.90 Å². The van der Waals surface area contributed by atoms with Crippen molar-refractivity contribution in [3.8, 4) is 0 Å². The Balaban J connectivity index is 1.35. The molecule has 6 heteroatoms. The number of benzene rings is 1. The molecule has 4 rings (SSSR count). The zero-order chi connectivity index (χ0) is 19.4. The van der Waals surface area contributed by atoms with Crippen LogP contribution in [0.3, 0.4) is 0 Å². The minimum atomic E-state index is -0.306. The summed E-state index contributed by atoms with van der Waals surface area (Å²) in [5.41, 5.74) is 1.74. The van der Waals surface area contributed by atoms with E-state index in [2.05, 4.69) is 68.7 Å². The summed E-state index contributed by atoms with van der Waals surface area (Å²) in [6, 6.07) is 9.59. The summed E-state index contributed by atoms with van der Waals surface area (Å²) in [6.45, 7) is 13.5. The van der Waals surface area contributed by atoms with Crippen LogP contribution in [0.4, 0.5) is 5.69 Å². The van der Waals surface area contributed by atoms with E-state index in [0.29, 0.717) is 12.1 Å². The van der Waals surface area contributed by atoms with Gasteiger partial charge in [0.05, 0.1) is 17.3 Å². The minimum Gasteiger partial charge on any atom is -0.399 e. The Hall–Kier alpha value is -1.08. The van der Waals surface area contributed by atoms with E-state index in [9.17, 15) is 5.11 Å². The lowest BCUT2D eigenvalue weighted by molar-refractivity contribution is -0.0809. The molecule has 2 unspecified atom stereocenters. The highest BCUT2D eigenvalue weighted by atomic mass is 16.7. The van der Waals surface area contributed by atoms with Crippen LogP contribution in [-0.2, 0) is 9.31 Å². The third-order valence-corrected chi connectivity index (χ3v) is 7.19. The fraction of sp³-hybridized carbons (Fsp3) is 0.714.